The second kappa shape index (κ2) is 5.30. The second-order valence-corrected chi connectivity index (χ2v) is 6.29. The molecule has 0 saturated carbocycles. The van der Waals surface area contributed by atoms with E-state index in [1.165, 1.54) is 9.13 Å². The van der Waals surface area contributed by atoms with E-state index in [1.54, 1.807) is 0 Å². The minimum Gasteiger partial charge on any atom is -0.393 e. The van der Waals surface area contributed by atoms with Crippen molar-refractivity contribution in [2.75, 3.05) is 0 Å². The van der Waals surface area contributed by atoms with E-state index in [0.717, 1.165) is 12.8 Å². The molecule has 1 rings (SSSR count). The number of hydrogen-bond acceptors (Lipinski definition) is 1. The number of hydrogen-bond donors (Lipinski definition) is 1. The van der Waals surface area contributed by atoms with Gasteiger partial charge in [0.05, 0.1) is 6.10 Å². The van der Waals surface area contributed by atoms with Crippen LogP contribution in [0.5, 0.6) is 0 Å². The van der Waals surface area contributed by atoms with Crippen molar-refractivity contribution >= 4 is 22.6 Å². The Kier molecular flexibility index (Phi) is 4.59. The lowest BCUT2D eigenvalue weighted by molar-refractivity contribution is 0.0560. The van der Waals surface area contributed by atoms with E-state index >= 15 is 0 Å². The van der Waals surface area contributed by atoms with Gasteiger partial charge in [-0.3, -0.25) is 0 Å². The zero-order valence-corrected chi connectivity index (χ0v) is 11.8. The number of benzene rings is 1. The predicted octanol–water partition coefficient (Wildman–Crippen LogP) is 3.63. The third-order valence-corrected chi connectivity index (χ3v) is 3.34. The van der Waals surface area contributed by atoms with E-state index < -0.39 is 0 Å². The van der Waals surface area contributed by atoms with E-state index in [9.17, 15) is 5.11 Å². The van der Waals surface area contributed by atoms with Gasteiger partial charge in [0.2, 0.25) is 0 Å². The number of aliphatic hydroxyl groups excluding tert-OH is 1. The molecule has 0 fully saturated rings. The lowest BCUT2D eigenvalue weighted by atomic mass is 9.86. The molecule has 0 heterocycles. The fourth-order valence-corrected chi connectivity index (χ4v) is 1.75. The number of rotatable bonds is 3. The number of aryl methyl sites for hydroxylation is 1. The molecule has 1 N–H and O–H groups in total. The summed E-state index contributed by atoms with van der Waals surface area (Å²) in [5.74, 6) is 0. The van der Waals surface area contributed by atoms with Gasteiger partial charge in [0.25, 0.3) is 0 Å². The van der Waals surface area contributed by atoms with Gasteiger partial charge in [0.15, 0.2) is 0 Å². The van der Waals surface area contributed by atoms with E-state index in [1.807, 2.05) is 0 Å². The van der Waals surface area contributed by atoms with E-state index in [4.69, 9.17) is 0 Å². The largest absolute Gasteiger partial charge is 0.393 e. The molecular formula is C13H19IO. The highest BCUT2D eigenvalue weighted by Crippen LogP contribution is 2.23. The zero-order chi connectivity index (χ0) is 11.5. The molecule has 1 unspecified atom stereocenters. The average Bonchev–Trinajstić information content (AvgIpc) is 2.15. The van der Waals surface area contributed by atoms with Gasteiger partial charge in [0, 0.05) is 3.57 Å². The fourth-order valence-electron chi connectivity index (χ4n) is 1.39. The first kappa shape index (κ1) is 13.0. The first-order valence-electron chi connectivity index (χ1n) is 5.32. The van der Waals surface area contributed by atoms with Gasteiger partial charge in [-0.1, -0.05) is 32.9 Å². The van der Waals surface area contributed by atoms with Crippen LogP contribution < -0.4 is 0 Å². The molecule has 0 bridgehead atoms. The monoisotopic (exact) mass is 318 g/mol. The van der Waals surface area contributed by atoms with Crippen molar-refractivity contribution in [2.45, 2.75) is 39.7 Å². The van der Waals surface area contributed by atoms with E-state index in [2.05, 4.69) is 67.6 Å². The minimum absolute atomic E-state index is 0.0107. The quantitative estimate of drug-likeness (QED) is 0.844. The Bertz CT molecular complexity index is 297. The Morgan fingerprint density at radius 3 is 2.20 bits per heavy atom. The lowest BCUT2D eigenvalue weighted by Gasteiger charge is -2.25. The second-order valence-electron chi connectivity index (χ2n) is 5.05. The standard InChI is InChI=1S/C13H19IO/c1-13(2,3)12(15)9-6-10-4-7-11(14)8-5-10/h4-5,7-8,12,15H,6,9H2,1-3H3. The average molecular weight is 318 g/mol. The van der Waals surface area contributed by atoms with Crippen molar-refractivity contribution in [3.8, 4) is 0 Å². The Morgan fingerprint density at radius 1 is 1.20 bits per heavy atom. The summed E-state index contributed by atoms with van der Waals surface area (Å²) in [5.41, 5.74) is 1.29. The van der Waals surface area contributed by atoms with Crippen LogP contribution in [0, 0.1) is 8.99 Å². The molecule has 0 aliphatic heterocycles. The maximum atomic E-state index is 9.90. The molecule has 0 spiro atoms. The normalized spacial score (nSPS) is 13.9. The minimum atomic E-state index is -0.225. The Morgan fingerprint density at radius 2 is 1.73 bits per heavy atom. The molecule has 1 nitrogen and oxygen atoms in total. The zero-order valence-electron chi connectivity index (χ0n) is 9.63. The SMILES string of the molecule is CC(C)(C)C(O)CCc1ccc(I)cc1. The molecule has 0 saturated heterocycles. The smallest absolute Gasteiger partial charge is 0.0591 e. The maximum absolute atomic E-state index is 9.90. The van der Waals surface area contributed by atoms with Crippen LogP contribution in [-0.2, 0) is 6.42 Å². The highest BCUT2D eigenvalue weighted by molar-refractivity contribution is 14.1. The third-order valence-electron chi connectivity index (χ3n) is 2.62. The highest BCUT2D eigenvalue weighted by Gasteiger charge is 2.21. The van der Waals surface area contributed by atoms with Gasteiger partial charge in [0.1, 0.15) is 0 Å². The molecule has 0 aromatic heterocycles. The summed E-state index contributed by atoms with van der Waals surface area (Å²) in [6.07, 6.45) is 1.57. The van der Waals surface area contributed by atoms with Crippen molar-refractivity contribution in [1.29, 1.82) is 0 Å². The third kappa shape index (κ3) is 4.51. The van der Waals surface area contributed by atoms with Crippen LogP contribution in [0.1, 0.15) is 32.8 Å². The molecular weight excluding hydrogens is 299 g/mol. The van der Waals surface area contributed by atoms with Crippen molar-refractivity contribution in [3.05, 3.63) is 33.4 Å². The van der Waals surface area contributed by atoms with Crippen LogP contribution in [0.15, 0.2) is 24.3 Å². The summed E-state index contributed by atoms with van der Waals surface area (Å²) in [5, 5.41) is 9.90. The van der Waals surface area contributed by atoms with Gasteiger partial charge in [-0.2, -0.15) is 0 Å². The maximum Gasteiger partial charge on any atom is 0.0591 e. The van der Waals surface area contributed by atoms with E-state index in [-0.39, 0.29) is 11.5 Å². The summed E-state index contributed by atoms with van der Waals surface area (Å²) < 4.78 is 1.26. The summed E-state index contributed by atoms with van der Waals surface area (Å²) in [6, 6.07) is 8.49. The van der Waals surface area contributed by atoms with Crippen LogP contribution in [0.2, 0.25) is 0 Å². The first-order valence-corrected chi connectivity index (χ1v) is 6.40. The van der Waals surface area contributed by atoms with Crippen LogP contribution in [0.4, 0.5) is 0 Å². The number of halogens is 1. The molecule has 0 aliphatic rings. The van der Waals surface area contributed by atoms with Crippen LogP contribution in [-0.4, -0.2) is 11.2 Å². The summed E-state index contributed by atoms with van der Waals surface area (Å²) in [6.45, 7) is 6.22. The predicted molar refractivity (Wildman–Crippen MR) is 72.9 cm³/mol. The summed E-state index contributed by atoms with van der Waals surface area (Å²) >= 11 is 2.30. The first-order chi connectivity index (χ1) is 6.89. The molecule has 15 heavy (non-hydrogen) atoms. The van der Waals surface area contributed by atoms with E-state index in [0.29, 0.717) is 0 Å². The van der Waals surface area contributed by atoms with Gasteiger partial charge >= 0.3 is 0 Å². The molecule has 1 atom stereocenters. The molecule has 1 aromatic carbocycles. The van der Waals surface area contributed by atoms with Gasteiger partial charge < -0.3 is 5.11 Å². The summed E-state index contributed by atoms with van der Waals surface area (Å²) in [4.78, 5) is 0. The summed E-state index contributed by atoms with van der Waals surface area (Å²) in [7, 11) is 0. The van der Waals surface area contributed by atoms with Gasteiger partial charge in [-0.15, -0.1) is 0 Å². The Hall–Kier alpha value is -0.0900. The molecule has 0 radical (unpaired) electrons. The molecule has 0 amide bonds. The van der Waals surface area contributed by atoms with Crippen LogP contribution in [0.25, 0.3) is 0 Å². The number of aliphatic hydroxyl groups is 1. The highest BCUT2D eigenvalue weighted by atomic mass is 127. The fraction of sp³-hybridized carbons (Fsp3) is 0.538. The topological polar surface area (TPSA) is 20.2 Å². The van der Waals surface area contributed by atoms with Gasteiger partial charge in [-0.25, -0.2) is 0 Å². The van der Waals surface area contributed by atoms with Crippen molar-refractivity contribution in [1.82, 2.24) is 0 Å². The van der Waals surface area contributed by atoms with Crippen LogP contribution >= 0.6 is 22.6 Å². The van der Waals surface area contributed by atoms with Gasteiger partial charge in [-0.05, 0) is 58.5 Å². The Balaban J connectivity index is 2.47. The van der Waals surface area contributed by atoms with Crippen molar-refractivity contribution in [2.24, 2.45) is 5.41 Å². The van der Waals surface area contributed by atoms with Crippen molar-refractivity contribution in [3.63, 3.8) is 0 Å². The van der Waals surface area contributed by atoms with Crippen molar-refractivity contribution < 1.29 is 5.11 Å². The molecule has 84 valence electrons. The van der Waals surface area contributed by atoms with Crippen LogP contribution in [0.3, 0.4) is 0 Å². The Labute approximate surface area is 106 Å². The molecule has 2 heteroatoms. The molecule has 0 aliphatic carbocycles. The molecule has 1 aromatic rings. The lowest BCUT2D eigenvalue weighted by Crippen LogP contribution is -2.26.